The standard InChI is InChI=1S/C23H15F2NO3/c24-18-8-4-15(5-9-18)14-28-20-3-1-2-16(12-20)13-21-23(27)29-22(26-21)17-6-10-19(25)11-7-17/h1-13H,14H2/b21-13+. The minimum absolute atomic E-state index is 0.130. The van der Waals surface area contributed by atoms with Crippen LogP contribution in [0.2, 0.25) is 0 Å². The first-order chi connectivity index (χ1) is 14.1. The number of cyclic esters (lactones) is 1. The van der Waals surface area contributed by atoms with Gasteiger partial charge in [-0.25, -0.2) is 18.6 Å². The molecule has 4 rings (SSSR count). The smallest absolute Gasteiger partial charge is 0.363 e. The molecule has 0 aromatic heterocycles. The van der Waals surface area contributed by atoms with Crippen LogP contribution in [0.4, 0.5) is 8.78 Å². The summed E-state index contributed by atoms with van der Waals surface area (Å²) in [5.74, 6) is -0.539. The van der Waals surface area contributed by atoms with E-state index in [9.17, 15) is 13.6 Å². The fraction of sp³-hybridized carbons (Fsp3) is 0.0435. The number of nitrogens with zero attached hydrogens (tertiary/aromatic N) is 1. The van der Waals surface area contributed by atoms with Crippen LogP contribution >= 0.6 is 0 Å². The van der Waals surface area contributed by atoms with Crippen molar-refractivity contribution in [2.45, 2.75) is 6.61 Å². The first-order valence-corrected chi connectivity index (χ1v) is 8.83. The van der Waals surface area contributed by atoms with E-state index in [0.29, 0.717) is 16.9 Å². The second kappa shape index (κ2) is 8.06. The maximum absolute atomic E-state index is 13.1. The molecule has 3 aromatic rings. The SMILES string of the molecule is O=C1OC(c2ccc(F)cc2)=N/C1=C/c1cccc(OCc2ccc(F)cc2)c1. The first-order valence-electron chi connectivity index (χ1n) is 8.83. The van der Waals surface area contributed by atoms with Crippen molar-refractivity contribution >= 4 is 17.9 Å². The van der Waals surface area contributed by atoms with Gasteiger partial charge in [0, 0.05) is 5.56 Å². The van der Waals surface area contributed by atoms with Crippen molar-refractivity contribution < 1.29 is 23.0 Å². The van der Waals surface area contributed by atoms with Gasteiger partial charge in [-0.2, -0.15) is 0 Å². The van der Waals surface area contributed by atoms with Gasteiger partial charge < -0.3 is 9.47 Å². The van der Waals surface area contributed by atoms with Gasteiger partial charge in [-0.1, -0.05) is 24.3 Å². The van der Waals surface area contributed by atoms with E-state index in [1.807, 2.05) is 0 Å². The molecule has 0 spiro atoms. The van der Waals surface area contributed by atoms with Crippen molar-refractivity contribution in [3.05, 3.63) is 107 Å². The minimum atomic E-state index is -0.582. The van der Waals surface area contributed by atoms with Crippen molar-refractivity contribution in [3.8, 4) is 5.75 Å². The number of aliphatic imine (C=N–C) groups is 1. The van der Waals surface area contributed by atoms with Gasteiger partial charge in [0.05, 0.1) is 0 Å². The van der Waals surface area contributed by atoms with Crippen LogP contribution in [0.25, 0.3) is 6.08 Å². The summed E-state index contributed by atoms with van der Waals surface area (Å²) >= 11 is 0. The fourth-order valence-corrected chi connectivity index (χ4v) is 2.72. The minimum Gasteiger partial charge on any atom is -0.489 e. The first kappa shape index (κ1) is 18.6. The quantitative estimate of drug-likeness (QED) is 0.460. The van der Waals surface area contributed by atoms with Gasteiger partial charge in [0.25, 0.3) is 0 Å². The Morgan fingerprint density at radius 1 is 0.931 bits per heavy atom. The van der Waals surface area contributed by atoms with Crippen LogP contribution in [0.3, 0.4) is 0 Å². The molecule has 0 bridgehead atoms. The Hall–Kier alpha value is -3.80. The molecule has 6 heteroatoms. The molecule has 0 unspecified atom stereocenters. The zero-order valence-corrected chi connectivity index (χ0v) is 15.1. The highest BCUT2D eigenvalue weighted by molar-refractivity contribution is 6.12. The molecule has 0 amide bonds. The van der Waals surface area contributed by atoms with Gasteiger partial charge in [-0.05, 0) is 65.7 Å². The molecular weight excluding hydrogens is 376 g/mol. The number of rotatable bonds is 5. The zero-order valence-electron chi connectivity index (χ0n) is 15.1. The number of halogens is 2. The third kappa shape index (κ3) is 4.55. The number of hydrogen-bond donors (Lipinski definition) is 0. The van der Waals surface area contributed by atoms with E-state index in [0.717, 1.165) is 5.56 Å². The van der Waals surface area contributed by atoms with Crippen LogP contribution in [0.5, 0.6) is 5.75 Å². The average molecular weight is 391 g/mol. The lowest BCUT2D eigenvalue weighted by Gasteiger charge is -2.07. The topological polar surface area (TPSA) is 47.9 Å². The number of benzene rings is 3. The molecule has 0 N–H and O–H groups in total. The molecule has 0 atom stereocenters. The van der Waals surface area contributed by atoms with Crippen LogP contribution in [0, 0.1) is 11.6 Å². The Labute approximate surface area is 165 Å². The van der Waals surface area contributed by atoms with Gasteiger partial charge in [-0.15, -0.1) is 0 Å². The van der Waals surface area contributed by atoms with E-state index < -0.39 is 5.97 Å². The molecule has 0 fully saturated rings. The van der Waals surface area contributed by atoms with E-state index in [1.54, 1.807) is 42.5 Å². The zero-order chi connectivity index (χ0) is 20.2. The van der Waals surface area contributed by atoms with E-state index in [2.05, 4.69) is 4.99 Å². The van der Waals surface area contributed by atoms with Crippen molar-refractivity contribution in [2.75, 3.05) is 0 Å². The largest absolute Gasteiger partial charge is 0.489 e. The molecule has 0 aliphatic carbocycles. The summed E-state index contributed by atoms with van der Waals surface area (Å²) in [5, 5.41) is 0. The van der Waals surface area contributed by atoms with Gasteiger partial charge >= 0.3 is 5.97 Å². The average Bonchev–Trinajstić information content (AvgIpc) is 3.09. The number of ether oxygens (including phenoxy) is 2. The summed E-state index contributed by atoms with van der Waals surface area (Å²) in [4.78, 5) is 16.3. The molecule has 0 saturated heterocycles. The second-order valence-corrected chi connectivity index (χ2v) is 6.33. The molecule has 29 heavy (non-hydrogen) atoms. The number of carbonyl (C=O) groups is 1. The lowest BCUT2D eigenvalue weighted by Crippen LogP contribution is -2.05. The highest BCUT2D eigenvalue weighted by atomic mass is 19.1. The molecular formula is C23H15F2NO3. The summed E-state index contributed by atoms with van der Waals surface area (Å²) < 4.78 is 36.9. The Balaban J connectivity index is 1.50. The summed E-state index contributed by atoms with van der Waals surface area (Å²) in [6.07, 6.45) is 1.59. The van der Waals surface area contributed by atoms with Gasteiger partial charge in [0.1, 0.15) is 24.0 Å². The number of carbonyl (C=O) groups excluding carboxylic acids is 1. The normalized spacial score (nSPS) is 14.6. The fourth-order valence-electron chi connectivity index (χ4n) is 2.72. The van der Waals surface area contributed by atoms with Crippen LogP contribution < -0.4 is 4.74 Å². The van der Waals surface area contributed by atoms with Crippen LogP contribution in [-0.4, -0.2) is 11.9 Å². The van der Waals surface area contributed by atoms with Gasteiger partial charge in [0.2, 0.25) is 5.90 Å². The maximum atomic E-state index is 13.1. The predicted octanol–water partition coefficient (Wildman–Crippen LogP) is 4.89. The molecule has 144 valence electrons. The van der Waals surface area contributed by atoms with E-state index >= 15 is 0 Å². The summed E-state index contributed by atoms with van der Waals surface area (Å²) in [6, 6.07) is 18.7. The molecule has 1 heterocycles. The molecule has 0 saturated carbocycles. The molecule has 4 nitrogen and oxygen atoms in total. The van der Waals surface area contributed by atoms with Crippen molar-refractivity contribution in [1.82, 2.24) is 0 Å². The van der Waals surface area contributed by atoms with E-state index in [4.69, 9.17) is 9.47 Å². The van der Waals surface area contributed by atoms with Crippen LogP contribution in [0.15, 0.2) is 83.5 Å². The van der Waals surface area contributed by atoms with E-state index in [1.165, 1.54) is 36.4 Å². The molecule has 1 aliphatic rings. The molecule has 3 aromatic carbocycles. The lowest BCUT2D eigenvalue weighted by molar-refractivity contribution is -0.129. The maximum Gasteiger partial charge on any atom is 0.363 e. The number of hydrogen-bond acceptors (Lipinski definition) is 4. The van der Waals surface area contributed by atoms with Gasteiger partial charge in [-0.3, -0.25) is 0 Å². The Morgan fingerprint density at radius 2 is 1.62 bits per heavy atom. The highest BCUT2D eigenvalue weighted by Gasteiger charge is 2.24. The van der Waals surface area contributed by atoms with Crippen molar-refractivity contribution in [1.29, 1.82) is 0 Å². The Kier molecular flexibility index (Phi) is 5.16. The van der Waals surface area contributed by atoms with Gasteiger partial charge in [0.15, 0.2) is 5.70 Å². The predicted molar refractivity (Wildman–Crippen MR) is 104 cm³/mol. The Morgan fingerprint density at radius 3 is 2.34 bits per heavy atom. The van der Waals surface area contributed by atoms with Crippen molar-refractivity contribution in [3.63, 3.8) is 0 Å². The lowest BCUT2D eigenvalue weighted by atomic mass is 10.2. The van der Waals surface area contributed by atoms with E-state index in [-0.39, 0.29) is 29.8 Å². The van der Waals surface area contributed by atoms with Crippen LogP contribution in [-0.2, 0) is 16.1 Å². The monoisotopic (exact) mass is 391 g/mol. The van der Waals surface area contributed by atoms with Crippen molar-refractivity contribution in [2.24, 2.45) is 4.99 Å². The second-order valence-electron chi connectivity index (χ2n) is 6.33. The summed E-state index contributed by atoms with van der Waals surface area (Å²) in [7, 11) is 0. The van der Waals surface area contributed by atoms with Crippen LogP contribution in [0.1, 0.15) is 16.7 Å². The summed E-state index contributed by atoms with van der Waals surface area (Å²) in [5.41, 5.74) is 2.19. The highest BCUT2D eigenvalue weighted by Crippen LogP contribution is 2.22. The Bertz CT molecular complexity index is 1100. The summed E-state index contributed by atoms with van der Waals surface area (Å²) in [6.45, 7) is 0.287. The third-order valence-corrected chi connectivity index (χ3v) is 4.19. The molecule has 1 aliphatic heterocycles. The number of esters is 1. The third-order valence-electron chi connectivity index (χ3n) is 4.19. The molecule has 0 radical (unpaired) electrons.